The molecule has 1 aliphatic heterocycles. The van der Waals surface area contributed by atoms with Gasteiger partial charge in [-0.3, -0.25) is 4.79 Å². The molecule has 0 amide bonds. The van der Waals surface area contributed by atoms with Crippen LogP contribution in [0.4, 0.5) is 0 Å². The fourth-order valence-corrected chi connectivity index (χ4v) is 2.36. The number of carboxylic acids is 1. The van der Waals surface area contributed by atoms with E-state index in [0.29, 0.717) is 0 Å². The van der Waals surface area contributed by atoms with Crippen LogP contribution in [0.15, 0.2) is 24.7 Å². The topological polar surface area (TPSA) is 55.8 Å². The van der Waals surface area contributed by atoms with Crippen molar-refractivity contribution in [2.75, 3.05) is 0 Å². The molecule has 80 valence electrons. The minimum Gasteiger partial charge on any atom is -0.481 e. The van der Waals surface area contributed by atoms with Crippen molar-refractivity contribution in [3.05, 3.63) is 34.4 Å². The average Bonchev–Trinajstić information content (AvgIpc) is 2.74. The van der Waals surface area contributed by atoms with Crippen LogP contribution >= 0.6 is 11.3 Å². The first kappa shape index (κ1) is 10.0. The Balaban J connectivity index is 2.16. The van der Waals surface area contributed by atoms with Gasteiger partial charge >= 0.3 is 5.97 Å². The number of carbonyl (C=O) groups is 1. The monoisotopic (exact) mass is 226 g/mol. The minimum atomic E-state index is -0.833. The van der Waals surface area contributed by atoms with Gasteiger partial charge in [0.25, 0.3) is 5.79 Å². The van der Waals surface area contributed by atoms with Crippen molar-refractivity contribution in [3.8, 4) is 0 Å². The Bertz CT molecular complexity index is 399. The molecule has 0 aromatic carbocycles. The van der Waals surface area contributed by atoms with E-state index in [2.05, 4.69) is 0 Å². The highest BCUT2D eigenvalue weighted by Crippen LogP contribution is 2.36. The molecule has 1 N–H and O–H groups in total. The molecule has 0 unspecified atom stereocenters. The van der Waals surface area contributed by atoms with Crippen LogP contribution in [0.1, 0.15) is 16.7 Å². The quantitative estimate of drug-likeness (QED) is 0.857. The summed E-state index contributed by atoms with van der Waals surface area (Å²) in [5.74, 6) is -1.62. The first-order chi connectivity index (χ1) is 7.10. The second-order valence-corrected chi connectivity index (χ2v) is 4.46. The summed E-state index contributed by atoms with van der Waals surface area (Å²) < 4.78 is 10.6. The Kier molecular flexibility index (Phi) is 2.40. The van der Waals surface area contributed by atoms with E-state index in [1.54, 1.807) is 13.0 Å². The molecule has 1 aromatic rings. The third-order valence-electron chi connectivity index (χ3n) is 2.08. The van der Waals surface area contributed by atoms with Crippen molar-refractivity contribution in [1.82, 2.24) is 0 Å². The Morgan fingerprint density at radius 2 is 2.13 bits per heavy atom. The van der Waals surface area contributed by atoms with E-state index in [1.807, 2.05) is 6.07 Å². The van der Waals surface area contributed by atoms with Gasteiger partial charge in [-0.25, -0.2) is 0 Å². The van der Waals surface area contributed by atoms with Gasteiger partial charge in [-0.2, -0.15) is 0 Å². The van der Waals surface area contributed by atoms with E-state index in [4.69, 9.17) is 14.6 Å². The summed E-state index contributed by atoms with van der Waals surface area (Å²) in [7, 11) is 0. The molecule has 2 heterocycles. The SMILES string of the molecule is CC1(c2ccc(CC(=O)O)s2)OC=CO1. The highest BCUT2D eigenvalue weighted by molar-refractivity contribution is 7.12. The standard InChI is InChI=1S/C10H10O4S/c1-10(13-4-5-14-10)8-3-2-7(15-8)6-9(11)12/h2-5H,6H2,1H3,(H,11,12). The molecule has 1 aliphatic rings. The van der Waals surface area contributed by atoms with Crippen molar-refractivity contribution < 1.29 is 19.4 Å². The molecule has 0 saturated heterocycles. The molecule has 2 rings (SSSR count). The predicted octanol–water partition coefficient (Wildman–Crippen LogP) is 2.07. The molecule has 0 saturated carbocycles. The van der Waals surface area contributed by atoms with E-state index < -0.39 is 11.8 Å². The number of hydrogen-bond donors (Lipinski definition) is 1. The molecule has 4 nitrogen and oxygen atoms in total. The third kappa shape index (κ3) is 1.97. The fourth-order valence-electron chi connectivity index (χ4n) is 1.33. The summed E-state index contributed by atoms with van der Waals surface area (Å²) >= 11 is 1.39. The van der Waals surface area contributed by atoms with E-state index in [1.165, 1.54) is 23.9 Å². The summed E-state index contributed by atoms with van der Waals surface area (Å²) in [6.45, 7) is 1.80. The van der Waals surface area contributed by atoms with Gasteiger partial charge in [0, 0.05) is 11.8 Å². The highest BCUT2D eigenvalue weighted by atomic mass is 32.1. The number of aliphatic carboxylic acids is 1. The second-order valence-electron chi connectivity index (χ2n) is 3.29. The normalized spacial score (nSPS) is 17.1. The highest BCUT2D eigenvalue weighted by Gasteiger charge is 2.33. The number of hydrogen-bond acceptors (Lipinski definition) is 4. The van der Waals surface area contributed by atoms with Gasteiger partial charge in [-0.15, -0.1) is 11.3 Å². The maximum atomic E-state index is 10.5. The van der Waals surface area contributed by atoms with E-state index >= 15 is 0 Å². The van der Waals surface area contributed by atoms with Crippen molar-refractivity contribution in [2.45, 2.75) is 19.1 Å². The van der Waals surface area contributed by atoms with Gasteiger partial charge in [-0.05, 0) is 12.1 Å². The van der Waals surface area contributed by atoms with E-state index in [0.717, 1.165) is 9.75 Å². The van der Waals surface area contributed by atoms with Crippen LogP contribution in [0.25, 0.3) is 0 Å². The van der Waals surface area contributed by atoms with Crippen LogP contribution in [-0.4, -0.2) is 11.1 Å². The molecular weight excluding hydrogens is 216 g/mol. The van der Waals surface area contributed by atoms with Crippen LogP contribution in [0.5, 0.6) is 0 Å². The maximum Gasteiger partial charge on any atom is 0.308 e. The lowest BCUT2D eigenvalue weighted by Gasteiger charge is -2.20. The zero-order chi connectivity index (χ0) is 10.9. The van der Waals surface area contributed by atoms with Gasteiger partial charge in [0.05, 0.1) is 11.3 Å². The van der Waals surface area contributed by atoms with Crippen molar-refractivity contribution in [3.63, 3.8) is 0 Å². The Hall–Kier alpha value is -1.49. The van der Waals surface area contributed by atoms with Crippen LogP contribution in [0.2, 0.25) is 0 Å². The smallest absolute Gasteiger partial charge is 0.308 e. The van der Waals surface area contributed by atoms with Gasteiger partial charge in [0.2, 0.25) is 0 Å². The molecular formula is C10H10O4S. The lowest BCUT2D eigenvalue weighted by molar-refractivity contribution is -0.136. The molecule has 0 radical (unpaired) electrons. The van der Waals surface area contributed by atoms with Crippen molar-refractivity contribution >= 4 is 17.3 Å². The predicted molar refractivity (Wildman–Crippen MR) is 54.3 cm³/mol. The van der Waals surface area contributed by atoms with Crippen LogP contribution in [0.3, 0.4) is 0 Å². The van der Waals surface area contributed by atoms with Gasteiger partial charge in [-0.1, -0.05) is 0 Å². The first-order valence-corrected chi connectivity index (χ1v) is 5.23. The average molecular weight is 226 g/mol. The number of rotatable bonds is 3. The molecule has 15 heavy (non-hydrogen) atoms. The molecule has 5 heteroatoms. The summed E-state index contributed by atoms with van der Waals surface area (Å²) in [5, 5.41) is 8.64. The zero-order valence-electron chi connectivity index (χ0n) is 8.10. The van der Waals surface area contributed by atoms with Crippen LogP contribution in [-0.2, 0) is 26.5 Å². The summed E-state index contributed by atoms with van der Waals surface area (Å²) in [5.41, 5.74) is 0. The molecule has 0 aliphatic carbocycles. The molecule has 0 spiro atoms. The third-order valence-corrected chi connectivity index (χ3v) is 3.35. The van der Waals surface area contributed by atoms with Crippen molar-refractivity contribution in [2.24, 2.45) is 0 Å². The Morgan fingerprint density at radius 3 is 2.73 bits per heavy atom. The molecule has 1 aromatic heterocycles. The number of ether oxygens (including phenoxy) is 2. The van der Waals surface area contributed by atoms with Crippen molar-refractivity contribution in [1.29, 1.82) is 0 Å². The van der Waals surface area contributed by atoms with E-state index in [-0.39, 0.29) is 6.42 Å². The second kappa shape index (κ2) is 3.58. The largest absolute Gasteiger partial charge is 0.481 e. The lowest BCUT2D eigenvalue weighted by atomic mass is 10.2. The van der Waals surface area contributed by atoms with Crippen LogP contribution < -0.4 is 0 Å². The first-order valence-electron chi connectivity index (χ1n) is 4.42. The Morgan fingerprint density at radius 1 is 1.47 bits per heavy atom. The maximum absolute atomic E-state index is 10.5. The fraction of sp³-hybridized carbons (Fsp3) is 0.300. The zero-order valence-corrected chi connectivity index (χ0v) is 8.91. The lowest BCUT2D eigenvalue weighted by Crippen LogP contribution is -2.20. The minimum absolute atomic E-state index is 0.0359. The summed E-state index contributed by atoms with van der Waals surface area (Å²) in [6, 6.07) is 3.61. The number of carboxylic acid groups (broad SMARTS) is 1. The molecule has 0 bridgehead atoms. The molecule has 0 fully saturated rings. The summed E-state index contributed by atoms with van der Waals surface area (Å²) in [4.78, 5) is 12.2. The molecule has 0 atom stereocenters. The number of thiophene rings is 1. The Labute approximate surface area is 90.7 Å². The van der Waals surface area contributed by atoms with Gasteiger partial charge in [0.15, 0.2) is 0 Å². The van der Waals surface area contributed by atoms with Gasteiger partial charge in [0.1, 0.15) is 12.5 Å². The van der Waals surface area contributed by atoms with E-state index in [9.17, 15) is 4.79 Å². The van der Waals surface area contributed by atoms with Gasteiger partial charge < -0.3 is 14.6 Å². The van der Waals surface area contributed by atoms with Crippen LogP contribution in [0, 0.1) is 0 Å². The summed E-state index contributed by atoms with van der Waals surface area (Å²) in [6.07, 6.45) is 3.00.